The molecular weight excluding hydrogens is 1570 g/mol. The molecule has 41 nitrogen and oxygen atoms in total. The number of hydrogen-bond donors (Lipinski definition) is 15. The number of ether oxygens (including phenoxy) is 2. The summed E-state index contributed by atoms with van der Waals surface area (Å²) in [5, 5.41) is 33.7. The normalized spacial score (nSPS) is 18.9. The van der Waals surface area contributed by atoms with Crippen molar-refractivity contribution < 1.29 is 449 Å². The standard InChI is InChI=1S/C24H27N12O6P.C21H27N10O13P3.2CH3.7K/c25-21-19-14(1-2-17(38)27-3-4-28-22-20-23(31-10-29-20)33-12-32-22)8-36(24(19)34-11-30-21)18-7-15(37)16(42-18)9-41-43(39,40)35-6-5-26-13-35;22-18-16-11(1-2-14(33)23-3-4-24-19-17-20(27-8-25-17)29-10-28-19)6-31(21(16)30-9-26-18)15-5-12(32)13(42-15)7-41-46(37,38)44-47(39,40)43-45(34,35)36;;;;;;;;;/h1-2,5-6,8,10-13,15-16,18,37H,3-4,7,9H2,(H,27,38)(H,39,40)(H2,25,30,34)(H2,28,29,31,32,33);1-2,6,8-10,12-13,15,32H,3-5,7H2,(H,23,33)(H,37,38)(H,39,40)(H2,22,26,30)(H2,34,35,36)(H2,24,25,27,28,29);2*1H3;;;;;;;/q;;2*-1;7*+1/b2*2-1+;;;;;;;;;/t15?,16-,18-;12?,13-,15-;;;;;;;;;/m11........./s1. The second kappa shape index (κ2) is 46.1. The number of aromatic amines is 2. The van der Waals surface area contributed by atoms with E-state index in [9.17, 15) is 52.7 Å². The number of aromatic nitrogens is 16. The van der Waals surface area contributed by atoms with Gasteiger partial charge in [0.1, 0.15) is 90.3 Å². The Morgan fingerprint density at radius 1 is 0.596 bits per heavy atom. The first-order valence-electron chi connectivity index (χ1n) is 26.2. The van der Waals surface area contributed by atoms with Crippen molar-refractivity contribution in [2.75, 3.05) is 61.5 Å². The second-order valence-corrected chi connectivity index (χ2v) is 25.2. The Morgan fingerprint density at radius 2 is 1.03 bits per heavy atom. The van der Waals surface area contributed by atoms with Crippen molar-refractivity contribution in [1.82, 2.24) is 88.9 Å². The maximum atomic E-state index is 12.5. The number of imidazole rings is 3. The summed E-state index contributed by atoms with van der Waals surface area (Å²) in [7, 11) is -20.9. The number of phosphoric ester groups is 1. The molecule has 0 spiro atoms. The second-order valence-electron chi connectivity index (χ2n) is 19.1. The Labute approximate surface area is 860 Å². The fourth-order valence-corrected chi connectivity index (χ4v) is 13.1. The smallest absolute Gasteiger partial charge is 0.390 e. The number of amides is 2. The van der Waals surface area contributed by atoms with E-state index < -0.39 is 80.6 Å². The maximum absolute atomic E-state index is 12.5. The number of nitrogens with one attached hydrogen (secondary N) is 6. The fourth-order valence-electron chi connectivity index (χ4n) is 9.13. The summed E-state index contributed by atoms with van der Waals surface area (Å²) in [4.78, 5) is 122. The minimum atomic E-state index is -5.72. The molecule has 11 rings (SSSR count). The van der Waals surface area contributed by atoms with E-state index in [-0.39, 0.29) is 424 Å². The molecule has 0 saturated carbocycles. The molecule has 0 bridgehead atoms. The topological polar surface area (TPSA) is 588 Å². The quantitative estimate of drug-likeness (QED) is 0.00831. The number of carbonyl (C=O) groups excluding carboxylic acids is 2. The van der Waals surface area contributed by atoms with Gasteiger partial charge in [-0.3, -0.25) is 18.6 Å². The number of nitrogens with two attached hydrogens (primary N) is 2. The number of fused-ring (bicyclic) bond motifs is 4. The molecular formula is C47H60K7N22O19P4+5. The zero-order valence-corrected chi connectivity index (χ0v) is 80.5. The van der Waals surface area contributed by atoms with E-state index in [1.54, 1.807) is 16.8 Å². The van der Waals surface area contributed by atoms with Crippen LogP contribution in [0.2, 0.25) is 0 Å². The van der Waals surface area contributed by atoms with E-state index in [2.05, 4.69) is 99.2 Å². The number of nitrogens with zero attached hydrogens (tertiary/aromatic N) is 14. The van der Waals surface area contributed by atoms with Crippen molar-refractivity contribution in [3.8, 4) is 0 Å². The van der Waals surface area contributed by atoms with E-state index >= 15 is 0 Å². The summed E-state index contributed by atoms with van der Waals surface area (Å²) < 4.78 is 79.9. The van der Waals surface area contributed by atoms with Gasteiger partial charge in [0.2, 0.25) is 11.8 Å². The van der Waals surface area contributed by atoms with Crippen molar-refractivity contribution in [1.29, 1.82) is 0 Å². The van der Waals surface area contributed by atoms with Crippen LogP contribution in [0.1, 0.15) is 36.4 Å². The predicted molar refractivity (Wildman–Crippen MR) is 323 cm³/mol. The molecule has 494 valence electrons. The van der Waals surface area contributed by atoms with Crippen LogP contribution in [0.15, 0.2) is 81.2 Å². The van der Waals surface area contributed by atoms with Gasteiger partial charge in [-0.05, 0) is 12.2 Å². The van der Waals surface area contributed by atoms with Crippen LogP contribution in [0.25, 0.3) is 56.5 Å². The van der Waals surface area contributed by atoms with Gasteiger partial charge >= 0.3 is 391 Å². The number of aliphatic hydroxyl groups is 2. The Morgan fingerprint density at radius 3 is 1.45 bits per heavy atom. The van der Waals surface area contributed by atoms with E-state index in [0.717, 1.165) is 10.7 Å². The van der Waals surface area contributed by atoms with Crippen LogP contribution < -0.4 is 392 Å². The summed E-state index contributed by atoms with van der Waals surface area (Å²) in [6, 6.07) is 0. The van der Waals surface area contributed by atoms with Gasteiger partial charge in [0.25, 0.3) is 0 Å². The molecule has 9 atom stereocenters. The molecule has 9 aromatic rings. The molecule has 0 aromatic carbocycles. The molecule has 11 heterocycles. The summed E-state index contributed by atoms with van der Waals surface area (Å²) in [5.74, 6) is 0.599. The first kappa shape index (κ1) is 100. The van der Waals surface area contributed by atoms with E-state index in [1.165, 1.54) is 79.3 Å². The minimum absolute atomic E-state index is 0. The number of anilines is 4. The fraction of sp³-hybridized carbons (Fsp3) is 0.298. The first-order valence-corrected chi connectivity index (χ1v) is 32.3. The summed E-state index contributed by atoms with van der Waals surface area (Å²) >= 11 is 0. The monoisotopic (exact) mass is 1630 g/mol. The Bertz CT molecular complexity index is 4350. The van der Waals surface area contributed by atoms with Gasteiger partial charge in [0.05, 0.1) is 48.8 Å². The van der Waals surface area contributed by atoms with Crippen molar-refractivity contribution in [2.45, 2.75) is 49.7 Å². The molecule has 52 heteroatoms. The summed E-state index contributed by atoms with van der Waals surface area (Å²) in [5.41, 5.74) is 16.2. The van der Waals surface area contributed by atoms with E-state index in [4.69, 9.17) is 35.3 Å². The van der Waals surface area contributed by atoms with Gasteiger partial charge in [0, 0.05) is 87.1 Å². The predicted octanol–water partition coefficient (Wildman–Crippen LogP) is -19.7. The zero-order valence-electron chi connectivity index (χ0n) is 55.0. The van der Waals surface area contributed by atoms with Gasteiger partial charge in [-0.2, -0.15) is 8.62 Å². The molecule has 0 radical (unpaired) electrons. The third-order valence-corrected chi connectivity index (χ3v) is 18.2. The third-order valence-electron chi connectivity index (χ3n) is 13.1. The number of rotatable bonds is 25. The average molecular weight is 1630 g/mol. The number of H-pyrrole nitrogens is 2. The average Bonchev–Trinajstić information content (AvgIpc) is 1.62. The molecule has 5 unspecified atom stereocenters. The van der Waals surface area contributed by atoms with Crippen LogP contribution in [0.5, 0.6) is 0 Å². The number of carbonyl (C=O) groups is 2. The van der Waals surface area contributed by atoms with Crippen LogP contribution in [-0.4, -0.2) is 189 Å². The SMILES string of the molecule is Nc1ncnc2c1c(/C=C/C(=O)NCCNc1ncnc3nc[nH]c13)cn2[C@H]1CC(O)[C@@H](COP(=O)(O)OP(=O)(O)OP(=O)(O)O)O1.Nc1ncnc2c1c(/C=C/C(=O)NCCNc1ncnc3nc[nH]c13)cn2[C@H]1CC(O)[C@@H](COP(=O)(O)n2ccnc2)O1.[CH3-].[CH3-].[K+].[K+].[K+].[K+].[K+].[K+].[K+]. The van der Waals surface area contributed by atoms with Crippen LogP contribution >= 0.6 is 31.2 Å². The molecule has 2 amide bonds. The molecule has 0 aliphatic carbocycles. The zero-order chi connectivity index (χ0) is 64.0. The van der Waals surface area contributed by atoms with E-state index in [0.29, 0.717) is 81.1 Å². The van der Waals surface area contributed by atoms with Crippen LogP contribution in [0.4, 0.5) is 23.3 Å². The van der Waals surface area contributed by atoms with Crippen molar-refractivity contribution in [2.24, 2.45) is 0 Å². The Balaban J connectivity index is 0.000000910. The molecule has 2 saturated heterocycles. The summed E-state index contributed by atoms with van der Waals surface area (Å²) in [6.07, 6.45) is 14.9. The van der Waals surface area contributed by atoms with Crippen molar-refractivity contribution in [3.63, 3.8) is 0 Å². The molecule has 99 heavy (non-hydrogen) atoms. The van der Waals surface area contributed by atoms with Gasteiger partial charge < -0.3 is 111 Å². The molecule has 2 aliphatic heterocycles. The van der Waals surface area contributed by atoms with Crippen molar-refractivity contribution >= 4 is 123 Å². The largest absolute Gasteiger partial charge is 1.00 e. The van der Waals surface area contributed by atoms with Gasteiger partial charge in [-0.25, -0.2) is 77.4 Å². The first-order chi connectivity index (χ1) is 42.9. The maximum Gasteiger partial charge on any atom is 1.00 e. The molecule has 17 N–H and O–H groups in total. The number of hydrogen-bond acceptors (Lipinski definition) is 29. The van der Waals surface area contributed by atoms with Crippen LogP contribution in [0.3, 0.4) is 0 Å². The number of nitrogen functional groups attached to an aromatic ring is 2. The van der Waals surface area contributed by atoms with Gasteiger partial charge in [-0.1, -0.05) is 0 Å². The van der Waals surface area contributed by atoms with Crippen LogP contribution in [0, 0.1) is 14.9 Å². The molecule has 2 fully saturated rings. The third kappa shape index (κ3) is 28.0. The molecule has 2 aliphatic rings. The van der Waals surface area contributed by atoms with Gasteiger partial charge in [0.15, 0.2) is 22.9 Å². The van der Waals surface area contributed by atoms with Crippen molar-refractivity contribution in [3.05, 3.63) is 107 Å². The van der Waals surface area contributed by atoms with Crippen LogP contribution in [-0.2, 0) is 55.0 Å². The Hall–Kier alpha value is 3.02. The van der Waals surface area contributed by atoms with E-state index in [1.807, 2.05) is 0 Å². The Kier molecular flexibility index (Phi) is 46.6. The summed E-state index contributed by atoms with van der Waals surface area (Å²) in [6.45, 7) is 0.107. The number of phosphoric acid groups is 3. The van der Waals surface area contributed by atoms with Gasteiger partial charge in [-0.15, -0.1) is 0 Å². The number of aliphatic hydroxyl groups excluding tert-OH is 2. The molecule has 9 aromatic heterocycles. The minimum Gasteiger partial charge on any atom is -0.390 e.